The summed E-state index contributed by atoms with van der Waals surface area (Å²) >= 11 is 10.5. The van der Waals surface area contributed by atoms with E-state index in [1.807, 2.05) is 27.7 Å². The molecule has 5 saturated heterocycles. The Kier molecular flexibility index (Phi) is 41.6. The standard InChI is InChI=1S/2C17H30N3O4PS.C17H25N2O6P.C17H27N2O5P.C16H27N2O4P/c2*1-5-7-18-9-11-10-20(17(26)19-15(11)23)16-14(22)13(21)12(24-16)6-8-25(2,3)4;1-10(20)5-6-11-9-19(17(24)18-15(11)23)16-14(22)13(21)12(25-16)7-8-26(2,3)4;1-5-6-7-11-10-19(17(23)18-15(11)22)16-14(21)13(20)12(24-16)8-9-25(2,3)4;1-6-11-9-18(10(2)17-15(11)21)16-14(20)13(19)12(22-16)7-8-23(3,4)5/h2*10,12-14,16,18,21-22H,2,5-9H2,1,3-4H3,(H,19,23,26);5-6,9,12-14,16,21-22H,2,7-8H2,1,3-4H3,(H,18,23,24);6-7,10,12-14,16,20-21H,2,5,8-9H2,1,3-4H3,(H,18,22,23);9,12-14,16,19-20H,2-3,6-8H2,1,4-5H3,(H,17,21)/b;;6-5+;7-6+;/t5*12-,13-,14-,16?/m11111/s1. The van der Waals surface area contributed by atoms with Crippen LogP contribution in [0.3, 0.4) is 0 Å². The number of aliphatic hydroxyl groups is 10. The summed E-state index contributed by atoms with van der Waals surface area (Å²) in [7, 11) is 0. The Morgan fingerprint density at radius 2 is 0.746 bits per heavy atom. The van der Waals surface area contributed by atoms with E-state index in [0.717, 1.165) is 72.3 Å². The Labute approximate surface area is 747 Å². The van der Waals surface area contributed by atoms with E-state index in [2.05, 4.69) is 141 Å². The van der Waals surface area contributed by atoms with Crippen molar-refractivity contribution < 1.29 is 84.3 Å². The summed E-state index contributed by atoms with van der Waals surface area (Å²) in [5, 5.41) is 112. The zero-order chi connectivity index (χ0) is 94.7. The maximum atomic E-state index is 12.1. The fraction of sp³-hybridized carbons (Fsp3) is 0.631. The second-order valence-corrected chi connectivity index (χ2v) is 58.4. The van der Waals surface area contributed by atoms with Crippen LogP contribution >= 0.6 is 58.9 Å². The maximum Gasteiger partial charge on any atom is 0.330 e. The molecule has 10 heterocycles. The van der Waals surface area contributed by atoms with Crippen LogP contribution in [0.1, 0.15) is 140 Å². The number of aromatic amines is 4. The summed E-state index contributed by atoms with van der Waals surface area (Å²) < 4.78 is 34.7. The first kappa shape index (κ1) is 109. The van der Waals surface area contributed by atoms with Crippen LogP contribution < -0.4 is 49.6 Å². The Bertz CT molecular complexity index is 5110. The van der Waals surface area contributed by atoms with Crippen LogP contribution in [0, 0.1) is 9.54 Å². The van der Waals surface area contributed by atoms with Crippen LogP contribution in [0.5, 0.6) is 0 Å². The highest BCUT2D eigenvalue weighted by atomic mass is 32.1. The fourth-order valence-corrected chi connectivity index (χ4v) is 19.2. The van der Waals surface area contributed by atoms with Crippen molar-refractivity contribution in [3.8, 4) is 0 Å². The number of ketones is 1. The second-order valence-electron chi connectivity index (χ2n) is 36.0. The molecule has 5 fully saturated rings. The average molecular weight is 1900 g/mol. The van der Waals surface area contributed by atoms with Gasteiger partial charge in [-0.25, -0.2) is 9.59 Å². The summed E-state index contributed by atoms with van der Waals surface area (Å²) in [5.74, 6) is -0.107. The number of amides is 1. The summed E-state index contributed by atoms with van der Waals surface area (Å²) in [6, 6.07) is 0. The lowest BCUT2D eigenvalue weighted by Gasteiger charge is -2.34. The molecule has 10 rings (SSSR count). The van der Waals surface area contributed by atoms with E-state index in [0.29, 0.717) is 79.7 Å². The molecule has 0 bridgehead atoms. The van der Waals surface area contributed by atoms with Crippen LogP contribution in [0.4, 0.5) is 0 Å². The third kappa shape index (κ3) is 32.1. The highest BCUT2D eigenvalue weighted by Crippen LogP contribution is 2.45. The molecule has 0 aliphatic carbocycles. The Morgan fingerprint density at radius 3 is 1.04 bits per heavy atom. The van der Waals surface area contributed by atoms with Crippen molar-refractivity contribution in [2.24, 2.45) is 0 Å². The van der Waals surface area contributed by atoms with Gasteiger partial charge in [0.15, 0.2) is 46.5 Å². The topological polar surface area (TPSA) is 507 Å². The molecule has 126 heavy (non-hydrogen) atoms. The molecule has 1 amide bonds. The first-order chi connectivity index (χ1) is 58.5. The number of H-pyrrole nitrogens is 4. The lowest BCUT2D eigenvalue weighted by Crippen LogP contribution is -2.47. The summed E-state index contributed by atoms with van der Waals surface area (Å²) in [5.41, 5.74) is -1.18. The number of ether oxygens (including phenoxy) is 5. The highest BCUT2D eigenvalue weighted by molar-refractivity contribution is 7.73. The van der Waals surface area contributed by atoms with Gasteiger partial charge < -0.3 is 95.6 Å². The minimum absolute atomic E-state index is 0.0679. The molecule has 710 valence electrons. The molecule has 4 aromatic rings. The van der Waals surface area contributed by atoms with E-state index >= 15 is 0 Å². The van der Waals surface area contributed by atoms with Crippen LogP contribution in [-0.2, 0) is 46.4 Å². The van der Waals surface area contributed by atoms with Gasteiger partial charge >= 0.3 is 11.4 Å². The van der Waals surface area contributed by atoms with Crippen molar-refractivity contribution in [3.05, 3.63) is 155 Å². The Hall–Kier alpha value is -5.72. The molecule has 20 atom stereocenters. The van der Waals surface area contributed by atoms with Crippen molar-refractivity contribution in [1.29, 1.82) is 0 Å². The van der Waals surface area contributed by atoms with Gasteiger partial charge in [0.2, 0.25) is 0 Å². The largest absolute Gasteiger partial charge is 0.388 e. The number of aliphatic hydroxyl groups excluding tert-OH is 10. The summed E-state index contributed by atoms with van der Waals surface area (Å²) in [4.78, 5) is 106. The van der Waals surface area contributed by atoms with Crippen molar-refractivity contribution in [1.82, 2.24) is 59.1 Å². The van der Waals surface area contributed by atoms with Crippen LogP contribution in [-0.4, -0.2) is 346 Å². The van der Waals surface area contributed by atoms with Crippen molar-refractivity contribution in [2.75, 3.05) is 111 Å². The van der Waals surface area contributed by atoms with E-state index in [4.69, 9.17) is 48.1 Å². The lowest BCUT2D eigenvalue weighted by atomic mass is 10.1. The molecule has 35 nitrogen and oxygen atoms in total. The quantitative estimate of drug-likeness (QED) is 0.0140. The molecule has 6 aliphatic heterocycles. The van der Waals surface area contributed by atoms with E-state index in [9.17, 15) is 89.4 Å². The van der Waals surface area contributed by atoms with Gasteiger partial charge in [-0.05, 0) is 212 Å². The van der Waals surface area contributed by atoms with E-state index in [1.165, 1.54) is 40.6 Å². The number of allylic oxidation sites excluding steroid dienone is 2. The van der Waals surface area contributed by atoms with Gasteiger partial charge in [0.1, 0.15) is 66.9 Å². The third-order valence-electron chi connectivity index (χ3n) is 21.3. The van der Waals surface area contributed by atoms with Crippen molar-refractivity contribution in [2.45, 2.75) is 228 Å². The minimum atomic E-state index is -1.33. The minimum Gasteiger partial charge on any atom is -0.388 e. The molecule has 0 aromatic carbocycles. The Balaban J connectivity index is 0.000000243. The maximum absolute atomic E-state index is 12.1. The average Bonchev–Trinajstić information content (AvgIpc) is 1.66. The second kappa shape index (κ2) is 48.1. The van der Waals surface area contributed by atoms with Gasteiger partial charge in [0.05, 0.1) is 41.6 Å². The van der Waals surface area contributed by atoms with Gasteiger partial charge in [0, 0.05) is 60.8 Å². The van der Waals surface area contributed by atoms with Gasteiger partial charge in [-0.1, -0.05) is 46.4 Å². The number of nitrogens with zero attached hydrogens (tertiary/aromatic N) is 5. The normalized spacial score (nSPS) is 27.6. The first-order valence-corrected chi connectivity index (χ1v) is 58.2. The molecule has 0 radical (unpaired) electrons. The summed E-state index contributed by atoms with van der Waals surface area (Å²) in [6.07, 6.45) is 26.1. The zero-order valence-corrected chi connectivity index (χ0v) is 81.4. The van der Waals surface area contributed by atoms with Crippen LogP contribution in [0.15, 0.2) is 89.9 Å². The third-order valence-corrected chi connectivity index (χ3v) is 29.2. The SMILES string of the molecule is C=C1NC(=O)C(CC)=CN1C1O[C@H](CCP(=C)(C)C)[C@@H](O)[C@H]1O.C=P(C)(C)CC[C@H]1OC(n2cc(/C=C/C(C)=O)c(=O)[nH]c2=O)[C@H](O)[C@@H]1O.C=P(C)(C)CC[C@H]1OC(n2cc(/C=C/CC)c(=O)[nH]c2=O)[C@H](O)[C@@H]1O.C=P(C)(C)CC[C@H]1OC(n2cc(CNCCC)c(=O)[nH]c2=S)[C@H](O)[C@@H]1O.C=P(C)(C)CC[C@H]1OC(n2cc(CNCCC)c(=O)[nH]c2=S)[C@H](O)[C@@H]1O. The lowest BCUT2D eigenvalue weighted by molar-refractivity contribution is -0.119. The molecule has 42 heteroatoms. The monoisotopic (exact) mass is 1900 g/mol. The molecule has 0 spiro atoms. The molecular weight excluding hydrogens is 1760 g/mol. The predicted octanol–water partition coefficient (Wildman–Crippen LogP) is 3.51. The number of carbonyl (C=O) groups is 2. The fourth-order valence-electron chi connectivity index (χ4n) is 14.0. The number of rotatable bonds is 33. The van der Waals surface area contributed by atoms with Crippen LogP contribution in [0.25, 0.3) is 12.2 Å². The number of nitrogens with one attached hydrogen (secondary N) is 7. The molecule has 6 aliphatic rings. The first-order valence-electron chi connectivity index (χ1n) is 42.1. The molecule has 4 aromatic heterocycles. The molecular formula is C84H139N12O23P5S2. The number of aromatic nitrogens is 8. The van der Waals surface area contributed by atoms with Gasteiger partial charge in [-0.3, -0.25) is 67.0 Å². The number of hydrogen-bond donors (Lipinski definition) is 17. The Morgan fingerprint density at radius 1 is 0.444 bits per heavy atom. The van der Waals surface area contributed by atoms with Crippen molar-refractivity contribution in [3.63, 3.8) is 0 Å². The van der Waals surface area contributed by atoms with Gasteiger partial charge in [0.25, 0.3) is 28.1 Å². The molecule has 5 unspecified atom stereocenters. The molecule has 17 N–H and O–H groups in total. The van der Waals surface area contributed by atoms with Crippen molar-refractivity contribution >= 4 is 114 Å². The van der Waals surface area contributed by atoms with E-state index in [1.54, 1.807) is 35.6 Å². The smallest absolute Gasteiger partial charge is 0.330 e. The van der Waals surface area contributed by atoms with Gasteiger partial charge in [-0.15, -0.1) is 65.9 Å². The molecule has 0 saturated carbocycles. The van der Waals surface area contributed by atoms with Crippen LogP contribution in [0.2, 0.25) is 0 Å². The van der Waals surface area contributed by atoms with Gasteiger partial charge in [-0.2, -0.15) is 0 Å². The number of carbonyl (C=O) groups excluding carboxylic acids is 2. The zero-order valence-electron chi connectivity index (χ0n) is 75.3. The highest BCUT2D eigenvalue weighted by Gasteiger charge is 2.49. The summed E-state index contributed by atoms with van der Waals surface area (Å²) in [6.45, 7) is 30.1. The van der Waals surface area contributed by atoms with E-state index in [-0.39, 0.29) is 37.9 Å². The predicted molar refractivity (Wildman–Crippen MR) is 516 cm³/mol. The number of hydrogen-bond acceptors (Lipinski definition) is 28. The van der Waals surface area contributed by atoms with E-state index < -0.39 is 180 Å².